The van der Waals surface area contributed by atoms with E-state index >= 15 is 0 Å². The van der Waals surface area contributed by atoms with Gasteiger partial charge in [-0.15, -0.1) is 0 Å². The number of esters is 1. The third-order valence-corrected chi connectivity index (χ3v) is 4.50. The molecule has 1 heterocycles. The number of ether oxygens (including phenoxy) is 3. The number of amides is 1. The lowest BCUT2D eigenvalue weighted by Crippen LogP contribution is -2.35. The number of benzene rings is 1. The molecule has 10 heteroatoms. The third kappa shape index (κ3) is 5.49. The van der Waals surface area contributed by atoms with Gasteiger partial charge in [0.25, 0.3) is 5.91 Å². The van der Waals surface area contributed by atoms with Gasteiger partial charge in [-0.05, 0) is 30.9 Å². The SMILES string of the molecule is COc1ccc(CNC(=O)[C@@H](C)OC(=O)c2nc(SC)ncc2Cl)cc1OC. The van der Waals surface area contributed by atoms with Gasteiger partial charge in [-0.3, -0.25) is 4.79 Å². The largest absolute Gasteiger partial charge is 0.493 e. The van der Waals surface area contributed by atoms with E-state index in [1.165, 1.54) is 32.0 Å². The molecule has 0 spiro atoms. The minimum Gasteiger partial charge on any atom is -0.493 e. The maximum Gasteiger partial charge on any atom is 0.359 e. The lowest BCUT2D eigenvalue weighted by Gasteiger charge is -2.14. The van der Waals surface area contributed by atoms with Crippen molar-refractivity contribution >= 4 is 35.2 Å². The molecule has 0 aliphatic rings. The molecule has 28 heavy (non-hydrogen) atoms. The number of halogens is 1. The molecule has 0 unspecified atom stereocenters. The Bertz CT molecular complexity index is 865. The number of thioether (sulfide) groups is 1. The number of rotatable bonds is 8. The van der Waals surface area contributed by atoms with Crippen molar-refractivity contribution in [2.75, 3.05) is 20.5 Å². The lowest BCUT2D eigenvalue weighted by molar-refractivity contribution is -0.129. The highest BCUT2D eigenvalue weighted by Gasteiger charge is 2.22. The molecular weight excluding hydrogens is 406 g/mol. The molecule has 0 bridgehead atoms. The van der Waals surface area contributed by atoms with E-state index in [2.05, 4.69) is 15.3 Å². The van der Waals surface area contributed by atoms with Gasteiger partial charge in [0.2, 0.25) is 0 Å². The van der Waals surface area contributed by atoms with Crippen molar-refractivity contribution in [2.24, 2.45) is 0 Å². The number of carbonyl (C=O) groups excluding carboxylic acids is 2. The van der Waals surface area contributed by atoms with Crippen molar-refractivity contribution in [3.63, 3.8) is 0 Å². The Hall–Kier alpha value is -2.52. The maximum absolute atomic E-state index is 12.3. The summed E-state index contributed by atoms with van der Waals surface area (Å²) in [5.74, 6) is -0.113. The van der Waals surface area contributed by atoms with Crippen LogP contribution in [0, 0.1) is 0 Å². The molecule has 1 amide bonds. The standard InChI is InChI=1S/C18H20ClN3O5S/c1-10(27-17(24)15-12(19)9-21-18(22-15)28-4)16(23)20-8-11-5-6-13(25-2)14(7-11)26-3/h5-7,9-10H,8H2,1-4H3,(H,20,23)/t10-/m1/s1. The second-order valence-electron chi connectivity index (χ2n) is 5.51. The smallest absolute Gasteiger partial charge is 0.359 e. The van der Waals surface area contributed by atoms with Crippen LogP contribution in [0.1, 0.15) is 23.0 Å². The van der Waals surface area contributed by atoms with Crippen molar-refractivity contribution in [2.45, 2.75) is 24.7 Å². The first-order chi connectivity index (χ1) is 13.4. The van der Waals surface area contributed by atoms with Crippen molar-refractivity contribution < 1.29 is 23.8 Å². The first kappa shape index (κ1) is 21.8. The molecule has 0 saturated heterocycles. The summed E-state index contributed by atoms with van der Waals surface area (Å²) in [5, 5.41) is 3.13. The van der Waals surface area contributed by atoms with Crippen LogP contribution in [0.2, 0.25) is 5.02 Å². The average Bonchev–Trinajstić information content (AvgIpc) is 2.71. The van der Waals surface area contributed by atoms with Gasteiger partial charge < -0.3 is 19.5 Å². The highest BCUT2D eigenvalue weighted by molar-refractivity contribution is 7.98. The number of nitrogens with zero attached hydrogens (tertiary/aromatic N) is 2. The minimum absolute atomic E-state index is 0.0562. The van der Waals surface area contributed by atoms with Gasteiger partial charge in [0.15, 0.2) is 28.5 Å². The quantitative estimate of drug-likeness (QED) is 0.391. The van der Waals surface area contributed by atoms with Crippen LogP contribution in [0.15, 0.2) is 29.6 Å². The predicted molar refractivity (Wildman–Crippen MR) is 105 cm³/mol. The Morgan fingerprint density at radius 3 is 2.61 bits per heavy atom. The van der Waals surface area contributed by atoms with Crippen molar-refractivity contribution in [3.8, 4) is 11.5 Å². The van der Waals surface area contributed by atoms with E-state index in [1.807, 2.05) is 0 Å². The van der Waals surface area contributed by atoms with E-state index in [9.17, 15) is 9.59 Å². The van der Waals surface area contributed by atoms with E-state index in [0.29, 0.717) is 16.7 Å². The van der Waals surface area contributed by atoms with E-state index in [4.69, 9.17) is 25.8 Å². The van der Waals surface area contributed by atoms with Gasteiger partial charge in [0.1, 0.15) is 0 Å². The molecule has 0 fully saturated rings. The summed E-state index contributed by atoms with van der Waals surface area (Å²) >= 11 is 7.21. The van der Waals surface area contributed by atoms with E-state index in [0.717, 1.165) is 5.56 Å². The molecule has 2 aromatic rings. The molecule has 0 radical (unpaired) electrons. The molecule has 150 valence electrons. The molecule has 0 saturated carbocycles. The van der Waals surface area contributed by atoms with E-state index in [1.54, 1.807) is 31.6 Å². The van der Waals surface area contributed by atoms with Crippen molar-refractivity contribution in [3.05, 3.63) is 40.7 Å². The fourth-order valence-corrected chi connectivity index (χ4v) is 2.69. The van der Waals surface area contributed by atoms with Crippen LogP contribution in [0.3, 0.4) is 0 Å². The predicted octanol–water partition coefficient (Wildman–Crippen LogP) is 2.73. The molecule has 1 N–H and O–H groups in total. The normalized spacial score (nSPS) is 11.5. The molecule has 2 rings (SSSR count). The molecule has 0 aliphatic heterocycles. The number of hydrogen-bond donors (Lipinski definition) is 1. The summed E-state index contributed by atoms with van der Waals surface area (Å²) in [6.07, 6.45) is 2.05. The Morgan fingerprint density at radius 2 is 1.96 bits per heavy atom. The number of nitrogens with one attached hydrogen (secondary N) is 1. The first-order valence-electron chi connectivity index (χ1n) is 8.15. The number of aromatic nitrogens is 2. The average molecular weight is 426 g/mol. The maximum atomic E-state index is 12.3. The Kier molecular flexibility index (Phi) is 7.89. The first-order valence-corrected chi connectivity index (χ1v) is 9.76. The van der Waals surface area contributed by atoms with Crippen LogP contribution in [0.25, 0.3) is 0 Å². The van der Waals surface area contributed by atoms with E-state index in [-0.39, 0.29) is 17.3 Å². The van der Waals surface area contributed by atoms with Gasteiger partial charge >= 0.3 is 5.97 Å². The molecule has 8 nitrogen and oxygen atoms in total. The van der Waals surface area contributed by atoms with Crippen LogP contribution in [0.4, 0.5) is 0 Å². The highest BCUT2D eigenvalue weighted by Crippen LogP contribution is 2.27. The zero-order valence-electron chi connectivity index (χ0n) is 15.8. The Balaban J connectivity index is 1.97. The van der Waals surface area contributed by atoms with Gasteiger partial charge in [0, 0.05) is 6.54 Å². The fourth-order valence-electron chi connectivity index (χ4n) is 2.19. The zero-order chi connectivity index (χ0) is 20.7. The third-order valence-electron chi connectivity index (χ3n) is 3.67. The monoisotopic (exact) mass is 425 g/mol. The summed E-state index contributed by atoms with van der Waals surface area (Å²) in [6, 6.07) is 5.29. The molecular formula is C18H20ClN3O5S. The number of carbonyl (C=O) groups is 2. The van der Waals surface area contributed by atoms with Gasteiger partial charge in [-0.2, -0.15) is 0 Å². The van der Waals surface area contributed by atoms with Gasteiger partial charge in [-0.25, -0.2) is 14.8 Å². The second-order valence-corrected chi connectivity index (χ2v) is 6.69. The highest BCUT2D eigenvalue weighted by atomic mass is 35.5. The topological polar surface area (TPSA) is 99.6 Å². The van der Waals surface area contributed by atoms with Crippen LogP contribution >= 0.6 is 23.4 Å². The lowest BCUT2D eigenvalue weighted by atomic mass is 10.2. The molecule has 1 atom stereocenters. The Labute approximate surface area is 171 Å². The van der Waals surface area contributed by atoms with Crippen LogP contribution in [-0.2, 0) is 16.1 Å². The van der Waals surface area contributed by atoms with E-state index < -0.39 is 18.0 Å². The molecule has 1 aromatic carbocycles. The Morgan fingerprint density at radius 1 is 1.25 bits per heavy atom. The molecule has 1 aromatic heterocycles. The summed E-state index contributed by atoms with van der Waals surface area (Å²) in [4.78, 5) is 32.5. The van der Waals surface area contributed by atoms with Crippen LogP contribution in [0.5, 0.6) is 11.5 Å². The number of methoxy groups -OCH3 is 2. The van der Waals surface area contributed by atoms with Crippen molar-refractivity contribution in [1.29, 1.82) is 0 Å². The molecule has 0 aliphatic carbocycles. The van der Waals surface area contributed by atoms with Gasteiger partial charge in [-0.1, -0.05) is 29.4 Å². The fraction of sp³-hybridized carbons (Fsp3) is 0.333. The van der Waals surface area contributed by atoms with Crippen LogP contribution < -0.4 is 14.8 Å². The second kappa shape index (κ2) is 10.1. The summed E-state index contributed by atoms with van der Waals surface area (Å²) in [5.41, 5.74) is 0.716. The minimum atomic E-state index is -1.03. The summed E-state index contributed by atoms with van der Waals surface area (Å²) in [6.45, 7) is 1.69. The zero-order valence-corrected chi connectivity index (χ0v) is 17.4. The van der Waals surface area contributed by atoms with Crippen LogP contribution in [-0.4, -0.2) is 48.4 Å². The summed E-state index contributed by atoms with van der Waals surface area (Å²) < 4.78 is 15.6. The number of hydrogen-bond acceptors (Lipinski definition) is 8. The van der Waals surface area contributed by atoms with Gasteiger partial charge in [0.05, 0.1) is 25.4 Å². The van der Waals surface area contributed by atoms with Crippen molar-refractivity contribution in [1.82, 2.24) is 15.3 Å². The summed E-state index contributed by atoms with van der Waals surface area (Å²) in [7, 11) is 3.07.